The van der Waals surface area contributed by atoms with Gasteiger partial charge in [-0.2, -0.15) is 18.3 Å². The average Bonchev–Trinajstić information content (AvgIpc) is 3.32. The molecule has 2 aromatic heterocycles. The molecule has 1 aliphatic heterocycles. The number of aryl methyl sites for hydroxylation is 1. The summed E-state index contributed by atoms with van der Waals surface area (Å²) in [4.78, 5) is 27.6. The summed E-state index contributed by atoms with van der Waals surface area (Å²) in [6.45, 7) is 4.24. The molecule has 0 spiro atoms. The molecule has 10 nitrogen and oxygen atoms in total. The summed E-state index contributed by atoms with van der Waals surface area (Å²) in [7, 11) is 1.80. The molecule has 13 heteroatoms. The summed E-state index contributed by atoms with van der Waals surface area (Å²) >= 11 is 0. The van der Waals surface area contributed by atoms with Gasteiger partial charge >= 0.3 is 12.1 Å². The zero-order valence-corrected chi connectivity index (χ0v) is 20.7. The number of carbonyl (C=O) groups is 2. The van der Waals surface area contributed by atoms with Gasteiger partial charge in [-0.05, 0) is 29.7 Å². The zero-order valence-electron chi connectivity index (χ0n) is 20.7. The number of hydrogen-bond donors (Lipinski definition) is 2. The lowest BCUT2D eigenvalue weighted by Gasteiger charge is -2.18. The van der Waals surface area contributed by atoms with Crippen LogP contribution in [0.5, 0.6) is 5.75 Å². The standard InChI is InChI=1S/C26H24F3N5O5/c1-16(39-25(36)26(27,28)29)24(35)33-19-5-3-4-17(10-19)15-38-22-11-23(32-20-12-31-34(2)14-20)30-13-21(22)18-6-8-37-9-7-18/h3-6,10-14H,1,7-9,15H2,2H3,(H,30,32)(H,33,35). The molecule has 4 rings (SSSR count). The van der Waals surface area contributed by atoms with Crippen LogP contribution in [0.4, 0.5) is 30.4 Å². The minimum absolute atomic E-state index is 0.0981. The van der Waals surface area contributed by atoms with Crippen LogP contribution in [0.3, 0.4) is 0 Å². The summed E-state index contributed by atoms with van der Waals surface area (Å²) in [5.74, 6) is -3.51. The lowest BCUT2D eigenvalue weighted by atomic mass is 10.0. The van der Waals surface area contributed by atoms with Crippen LogP contribution in [0.25, 0.3) is 5.57 Å². The molecule has 3 heterocycles. The highest BCUT2D eigenvalue weighted by Crippen LogP contribution is 2.32. The maximum absolute atomic E-state index is 12.4. The number of carbonyl (C=O) groups excluding carboxylic acids is 2. The van der Waals surface area contributed by atoms with Gasteiger partial charge in [0, 0.05) is 36.8 Å². The maximum Gasteiger partial charge on any atom is 0.491 e. The second kappa shape index (κ2) is 11.8. The third kappa shape index (κ3) is 7.45. The molecule has 1 amide bonds. The molecular weight excluding hydrogens is 519 g/mol. The predicted octanol–water partition coefficient (Wildman–Crippen LogP) is 4.50. The van der Waals surface area contributed by atoms with E-state index in [0.29, 0.717) is 36.8 Å². The summed E-state index contributed by atoms with van der Waals surface area (Å²) in [6, 6.07) is 8.23. The first-order valence-corrected chi connectivity index (χ1v) is 11.6. The predicted molar refractivity (Wildman–Crippen MR) is 135 cm³/mol. The fraction of sp³-hybridized carbons (Fsp3) is 0.231. The van der Waals surface area contributed by atoms with Crippen molar-refractivity contribution < 1.29 is 37.0 Å². The number of pyridine rings is 1. The lowest BCUT2D eigenvalue weighted by Crippen LogP contribution is -2.28. The van der Waals surface area contributed by atoms with Gasteiger partial charge in [-0.25, -0.2) is 9.78 Å². The summed E-state index contributed by atoms with van der Waals surface area (Å²) in [6.07, 6.45) is 2.59. The summed E-state index contributed by atoms with van der Waals surface area (Å²) < 4.78 is 54.3. The van der Waals surface area contributed by atoms with E-state index >= 15 is 0 Å². The lowest BCUT2D eigenvalue weighted by molar-refractivity contribution is -0.195. The number of ether oxygens (including phenoxy) is 3. The molecule has 0 aliphatic carbocycles. The van der Waals surface area contributed by atoms with Gasteiger partial charge in [0.1, 0.15) is 18.2 Å². The highest BCUT2D eigenvalue weighted by Gasteiger charge is 2.42. The van der Waals surface area contributed by atoms with E-state index < -0.39 is 23.8 Å². The van der Waals surface area contributed by atoms with Crippen molar-refractivity contribution in [3.05, 3.63) is 78.5 Å². The number of nitrogens with zero attached hydrogens (tertiary/aromatic N) is 3. The first-order valence-electron chi connectivity index (χ1n) is 11.6. The summed E-state index contributed by atoms with van der Waals surface area (Å²) in [5.41, 5.74) is 3.48. The Morgan fingerprint density at radius 1 is 1.21 bits per heavy atom. The van der Waals surface area contributed by atoms with E-state index in [-0.39, 0.29) is 12.3 Å². The molecule has 0 atom stereocenters. The number of aromatic nitrogens is 3. The molecule has 0 bridgehead atoms. The topological polar surface area (TPSA) is 117 Å². The molecule has 0 saturated carbocycles. The van der Waals surface area contributed by atoms with E-state index in [1.165, 1.54) is 6.07 Å². The number of halogens is 3. The fourth-order valence-corrected chi connectivity index (χ4v) is 3.59. The Morgan fingerprint density at radius 3 is 2.72 bits per heavy atom. The number of nitrogens with one attached hydrogen (secondary N) is 2. The van der Waals surface area contributed by atoms with Gasteiger partial charge in [0.2, 0.25) is 0 Å². The van der Waals surface area contributed by atoms with Crippen molar-refractivity contribution >= 4 is 34.6 Å². The number of rotatable bonds is 9. The molecule has 0 radical (unpaired) electrons. The molecule has 3 aromatic rings. The molecule has 0 unspecified atom stereocenters. The number of amides is 1. The number of esters is 1. The molecule has 2 N–H and O–H groups in total. The Kier molecular flexibility index (Phi) is 8.30. The van der Waals surface area contributed by atoms with Crippen LogP contribution in [0.1, 0.15) is 17.5 Å². The van der Waals surface area contributed by atoms with E-state index in [4.69, 9.17) is 9.47 Å². The van der Waals surface area contributed by atoms with E-state index in [9.17, 15) is 22.8 Å². The highest BCUT2D eigenvalue weighted by atomic mass is 19.4. The van der Waals surface area contributed by atoms with Crippen LogP contribution < -0.4 is 15.4 Å². The Bertz CT molecular complexity index is 1420. The first kappa shape index (κ1) is 27.4. The number of alkyl halides is 3. The smallest absolute Gasteiger partial charge is 0.488 e. The van der Waals surface area contributed by atoms with Crippen LogP contribution in [0.2, 0.25) is 0 Å². The van der Waals surface area contributed by atoms with Crippen molar-refractivity contribution in [2.75, 3.05) is 23.8 Å². The molecule has 0 fully saturated rings. The third-order valence-electron chi connectivity index (χ3n) is 5.43. The molecule has 1 aliphatic rings. The molecule has 0 saturated heterocycles. The van der Waals surface area contributed by atoms with Crippen molar-refractivity contribution in [2.24, 2.45) is 7.05 Å². The Labute approximate surface area is 221 Å². The number of benzene rings is 1. The van der Waals surface area contributed by atoms with Crippen LogP contribution in [-0.4, -0.2) is 46.0 Å². The van der Waals surface area contributed by atoms with Gasteiger partial charge in [-0.15, -0.1) is 0 Å². The van der Waals surface area contributed by atoms with Crippen molar-refractivity contribution in [1.82, 2.24) is 14.8 Å². The highest BCUT2D eigenvalue weighted by molar-refractivity contribution is 6.03. The van der Waals surface area contributed by atoms with Gasteiger partial charge in [0.25, 0.3) is 5.91 Å². The van der Waals surface area contributed by atoms with Gasteiger partial charge in [0.15, 0.2) is 5.76 Å². The zero-order chi connectivity index (χ0) is 28.0. The van der Waals surface area contributed by atoms with Gasteiger partial charge < -0.3 is 24.8 Å². The van der Waals surface area contributed by atoms with Crippen molar-refractivity contribution in [3.8, 4) is 5.75 Å². The van der Waals surface area contributed by atoms with Crippen LogP contribution in [-0.2, 0) is 32.7 Å². The fourth-order valence-electron chi connectivity index (χ4n) is 3.59. The van der Waals surface area contributed by atoms with Crippen LogP contribution >= 0.6 is 0 Å². The normalized spacial score (nSPS) is 13.3. The Hall–Kier alpha value is -4.65. The van der Waals surface area contributed by atoms with E-state index in [1.54, 1.807) is 54.6 Å². The van der Waals surface area contributed by atoms with Crippen molar-refractivity contribution in [2.45, 2.75) is 19.2 Å². The van der Waals surface area contributed by atoms with Crippen molar-refractivity contribution in [1.29, 1.82) is 0 Å². The van der Waals surface area contributed by atoms with Gasteiger partial charge in [-0.3, -0.25) is 9.48 Å². The molecule has 1 aromatic carbocycles. The van der Waals surface area contributed by atoms with E-state index in [2.05, 4.69) is 32.0 Å². The van der Waals surface area contributed by atoms with Crippen molar-refractivity contribution in [3.63, 3.8) is 0 Å². The largest absolute Gasteiger partial charge is 0.491 e. The molecule has 204 valence electrons. The first-order chi connectivity index (χ1) is 18.6. The Morgan fingerprint density at radius 2 is 2.03 bits per heavy atom. The van der Waals surface area contributed by atoms with Crippen LogP contribution in [0, 0.1) is 0 Å². The SMILES string of the molecule is C=C(OC(=O)C(F)(F)F)C(=O)Nc1cccc(COc2cc(Nc3cnn(C)c3)ncc2C2=CCOCC2)c1. The van der Waals surface area contributed by atoms with Crippen LogP contribution in [0.15, 0.2) is 67.3 Å². The second-order valence-corrected chi connectivity index (χ2v) is 8.40. The average molecular weight is 544 g/mol. The quantitative estimate of drug-likeness (QED) is 0.230. The Balaban J connectivity index is 1.47. The third-order valence-corrected chi connectivity index (χ3v) is 5.43. The second-order valence-electron chi connectivity index (χ2n) is 8.40. The number of anilines is 3. The van der Waals surface area contributed by atoms with E-state index in [1.807, 2.05) is 6.08 Å². The maximum atomic E-state index is 12.4. The minimum atomic E-state index is -5.25. The summed E-state index contributed by atoms with van der Waals surface area (Å²) in [5, 5.41) is 9.65. The van der Waals surface area contributed by atoms with Gasteiger partial charge in [0.05, 0.1) is 25.1 Å². The van der Waals surface area contributed by atoms with Gasteiger partial charge in [-0.1, -0.05) is 24.8 Å². The van der Waals surface area contributed by atoms with E-state index in [0.717, 1.165) is 16.8 Å². The number of hydrogen-bond acceptors (Lipinski definition) is 8. The molecular formula is C26H24F3N5O5. The minimum Gasteiger partial charge on any atom is -0.488 e. The monoisotopic (exact) mass is 543 g/mol. The molecule has 39 heavy (non-hydrogen) atoms.